The van der Waals surface area contributed by atoms with Crippen molar-refractivity contribution >= 4 is 6.03 Å². The molecule has 2 aliphatic heterocycles. The predicted molar refractivity (Wildman–Crippen MR) is 56.9 cm³/mol. The molecule has 0 unspecified atom stereocenters. The van der Waals surface area contributed by atoms with Gasteiger partial charge in [-0.3, -0.25) is 4.90 Å². The molecular weight excluding hydrogens is 194 g/mol. The minimum absolute atomic E-state index is 0.170. The lowest BCUT2D eigenvalue weighted by Crippen LogP contribution is -2.42. The second-order valence-electron chi connectivity index (χ2n) is 4.15. The minimum Gasteiger partial charge on any atom is -0.379 e. The van der Waals surface area contributed by atoms with Crippen LogP contribution in [0.5, 0.6) is 0 Å². The molecule has 0 spiro atoms. The number of urea groups is 1. The number of likely N-dealkylation sites (N-methyl/N-ethyl adjacent to an activating group) is 1. The van der Waals surface area contributed by atoms with Gasteiger partial charge >= 0.3 is 6.03 Å². The van der Waals surface area contributed by atoms with Crippen LogP contribution in [-0.2, 0) is 4.74 Å². The van der Waals surface area contributed by atoms with E-state index in [1.165, 1.54) is 0 Å². The van der Waals surface area contributed by atoms with E-state index in [0.717, 1.165) is 52.5 Å². The molecule has 2 amide bonds. The molecule has 15 heavy (non-hydrogen) atoms. The standard InChI is InChI=1S/C10H19N3O2/c1-11-2-4-13(10(11)14)5-3-12-6-8-15-9-7-12/h2-9H2,1H3. The van der Waals surface area contributed by atoms with Gasteiger partial charge in [0.15, 0.2) is 0 Å². The van der Waals surface area contributed by atoms with Crippen molar-refractivity contribution in [3.63, 3.8) is 0 Å². The molecule has 0 aromatic heterocycles. The number of amides is 2. The van der Waals surface area contributed by atoms with Crippen molar-refractivity contribution in [3.05, 3.63) is 0 Å². The molecule has 0 bridgehead atoms. The highest BCUT2D eigenvalue weighted by Gasteiger charge is 2.25. The van der Waals surface area contributed by atoms with Gasteiger partial charge in [0.1, 0.15) is 0 Å². The van der Waals surface area contributed by atoms with Gasteiger partial charge in [0.25, 0.3) is 0 Å². The second kappa shape index (κ2) is 4.81. The molecule has 2 aliphatic rings. The van der Waals surface area contributed by atoms with Crippen molar-refractivity contribution in [3.8, 4) is 0 Å². The summed E-state index contributed by atoms with van der Waals surface area (Å²) < 4.78 is 5.28. The van der Waals surface area contributed by atoms with Crippen LogP contribution in [0.15, 0.2) is 0 Å². The first-order valence-electron chi connectivity index (χ1n) is 5.57. The van der Waals surface area contributed by atoms with Gasteiger partial charge in [-0.1, -0.05) is 0 Å². The zero-order valence-corrected chi connectivity index (χ0v) is 9.31. The van der Waals surface area contributed by atoms with Crippen molar-refractivity contribution in [1.29, 1.82) is 0 Å². The van der Waals surface area contributed by atoms with E-state index >= 15 is 0 Å². The van der Waals surface area contributed by atoms with Crippen molar-refractivity contribution in [2.45, 2.75) is 0 Å². The SMILES string of the molecule is CN1CCN(CCN2CCOCC2)C1=O. The number of carbonyl (C=O) groups is 1. The summed E-state index contributed by atoms with van der Waals surface area (Å²) in [4.78, 5) is 17.6. The van der Waals surface area contributed by atoms with Gasteiger partial charge in [0, 0.05) is 46.3 Å². The Hall–Kier alpha value is -0.810. The van der Waals surface area contributed by atoms with Crippen LogP contribution in [0.2, 0.25) is 0 Å². The molecule has 2 fully saturated rings. The Bertz CT molecular complexity index is 229. The topological polar surface area (TPSA) is 36.0 Å². The first-order valence-corrected chi connectivity index (χ1v) is 5.57. The molecule has 0 aliphatic carbocycles. The van der Waals surface area contributed by atoms with E-state index < -0.39 is 0 Å². The normalized spacial score (nSPS) is 23.9. The van der Waals surface area contributed by atoms with E-state index in [1.807, 2.05) is 11.9 Å². The Morgan fingerprint density at radius 3 is 2.47 bits per heavy atom. The monoisotopic (exact) mass is 213 g/mol. The summed E-state index contributed by atoms with van der Waals surface area (Å²) in [6.45, 7) is 7.21. The van der Waals surface area contributed by atoms with Crippen molar-refractivity contribution in [2.75, 3.05) is 59.5 Å². The number of carbonyl (C=O) groups excluding carboxylic acids is 1. The third-order valence-electron chi connectivity index (χ3n) is 3.09. The molecule has 0 N–H and O–H groups in total. The minimum atomic E-state index is 0.170. The van der Waals surface area contributed by atoms with E-state index in [9.17, 15) is 4.79 Å². The lowest BCUT2D eigenvalue weighted by atomic mass is 10.4. The number of nitrogens with zero attached hydrogens (tertiary/aromatic N) is 3. The van der Waals surface area contributed by atoms with Crippen LogP contribution in [0.4, 0.5) is 4.79 Å². The molecular formula is C10H19N3O2. The van der Waals surface area contributed by atoms with Crippen LogP contribution < -0.4 is 0 Å². The second-order valence-corrected chi connectivity index (χ2v) is 4.15. The Morgan fingerprint density at radius 1 is 1.13 bits per heavy atom. The quantitative estimate of drug-likeness (QED) is 0.645. The summed E-state index contributed by atoms with van der Waals surface area (Å²) in [6, 6.07) is 0.170. The van der Waals surface area contributed by atoms with E-state index in [4.69, 9.17) is 4.74 Å². The number of rotatable bonds is 3. The predicted octanol–water partition coefficient (Wildman–Crippen LogP) is -0.314. The zero-order valence-electron chi connectivity index (χ0n) is 9.31. The summed E-state index contributed by atoms with van der Waals surface area (Å²) in [5.41, 5.74) is 0. The fourth-order valence-electron chi connectivity index (χ4n) is 2.00. The Morgan fingerprint density at radius 2 is 1.87 bits per heavy atom. The highest BCUT2D eigenvalue weighted by atomic mass is 16.5. The van der Waals surface area contributed by atoms with Crippen LogP contribution in [-0.4, -0.2) is 80.3 Å². The van der Waals surface area contributed by atoms with Gasteiger partial charge in [-0.25, -0.2) is 4.79 Å². The fourth-order valence-corrected chi connectivity index (χ4v) is 2.00. The van der Waals surface area contributed by atoms with Gasteiger partial charge < -0.3 is 14.5 Å². The fraction of sp³-hybridized carbons (Fsp3) is 0.900. The summed E-state index contributed by atoms with van der Waals surface area (Å²) in [5, 5.41) is 0. The van der Waals surface area contributed by atoms with Gasteiger partial charge in [0.2, 0.25) is 0 Å². The Kier molecular flexibility index (Phi) is 3.43. The molecule has 2 heterocycles. The van der Waals surface area contributed by atoms with Crippen LogP contribution in [0.3, 0.4) is 0 Å². The number of hydrogen-bond acceptors (Lipinski definition) is 3. The molecule has 0 aromatic carbocycles. The molecule has 5 nitrogen and oxygen atoms in total. The van der Waals surface area contributed by atoms with Gasteiger partial charge in [-0.15, -0.1) is 0 Å². The number of hydrogen-bond donors (Lipinski definition) is 0. The van der Waals surface area contributed by atoms with E-state index in [1.54, 1.807) is 4.90 Å². The van der Waals surface area contributed by atoms with E-state index in [-0.39, 0.29) is 6.03 Å². The first-order chi connectivity index (χ1) is 7.27. The Balaban J connectivity index is 1.71. The van der Waals surface area contributed by atoms with Crippen LogP contribution in [0, 0.1) is 0 Å². The third kappa shape index (κ3) is 2.60. The molecule has 0 aromatic rings. The molecule has 2 saturated heterocycles. The molecule has 2 rings (SSSR count). The molecule has 86 valence electrons. The molecule has 0 saturated carbocycles. The largest absolute Gasteiger partial charge is 0.379 e. The first kappa shape index (κ1) is 10.7. The average molecular weight is 213 g/mol. The van der Waals surface area contributed by atoms with Gasteiger partial charge in [-0.05, 0) is 0 Å². The maximum absolute atomic E-state index is 11.6. The van der Waals surface area contributed by atoms with Crippen molar-refractivity contribution < 1.29 is 9.53 Å². The lowest BCUT2D eigenvalue weighted by molar-refractivity contribution is 0.0355. The van der Waals surface area contributed by atoms with Crippen molar-refractivity contribution in [2.24, 2.45) is 0 Å². The third-order valence-corrected chi connectivity index (χ3v) is 3.09. The van der Waals surface area contributed by atoms with Crippen LogP contribution in [0.25, 0.3) is 0 Å². The van der Waals surface area contributed by atoms with Crippen LogP contribution in [0.1, 0.15) is 0 Å². The average Bonchev–Trinajstić information content (AvgIpc) is 2.59. The summed E-state index contributed by atoms with van der Waals surface area (Å²) in [5.74, 6) is 0. The summed E-state index contributed by atoms with van der Waals surface area (Å²) >= 11 is 0. The summed E-state index contributed by atoms with van der Waals surface area (Å²) in [6.07, 6.45) is 0. The maximum Gasteiger partial charge on any atom is 0.319 e. The summed E-state index contributed by atoms with van der Waals surface area (Å²) in [7, 11) is 1.86. The van der Waals surface area contributed by atoms with Gasteiger partial charge in [-0.2, -0.15) is 0 Å². The van der Waals surface area contributed by atoms with Gasteiger partial charge in [0.05, 0.1) is 13.2 Å². The lowest BCUT2D eigenvalue weighted by Gasteiger charge is -2.28. The molecule has 0 atom stereocenters. The van der Waals surface area contributed by atoms with E-state index in [0.29, 0.717) is 0 Å². The molecule has 0 radical (unpaired) electrons. The number of ether oxygens (including phenoxy) is 1. The van der Waals surface area contributed by atoms with Crippen LogP contribution >= 0.6 is 0 Å². The molecule has 5 heteroatoms. The van der Waals surface area contributed by atoms with Crippen molar-refractivity contribution in [1.82, 2.24) is 14.7 Å². The highest BCUT2D eigenvalue weighted by Crippen LogP contribution is 2.06. The smallest absolute Gasteiger partial charge is 0.319 e. The Labute approximate surface area is 90.6 Å². The zero-order chi connectivity index (χ0) is 10.7. The highest BCUT2D eigenvalue weighted by molar-refractivity contribution is 5.76. The van der Waals surface area contributed by atoms with E-state index in [2.05, 4.69) is 4.90 Å². The maximum atomic E-state index is 11.6. The number of morpholine rings is 1.